The highest BCUT2D eigenvalue weighted by molar-refractivity contribution is 6.21. The first kappa shape index (κ1) is 20.6. The largest absolute Gasteiger partial charge is 0.361 e. The third-order valence-corrected chi connectivity index (χ3v) is 7.09. The van der Waals surface area contributed by atoms with Crippen LogP contribution in [0, 0.1) is 34.0 Å². The van der Waals surface area contributed by atoms with E-state index in [9.17, 15) is 15.8 Å². The molecular weight excluding hydrogens is 456 g/mol. The molecule has 6 heteroatoms. The summed E-state index contributed by atoms with van der Waals surface area (Å²) in [5.74, 6) is 0. The Balaban J connectivity index is 1.59. The summed E-state index contributed by atoms with van der Waals surface area (Å²) in [6.07, 6.45) is 3.95. The molecule has 0 saturated heterocycles. The third-order valence-electron chi connectivity index (χ3n) is 7.09. The monoisotopic (exact) mass is 472 g/mol. The van der Waals surface area contributed by atoms with Crippen LogP contribution in [-0.2, 0) is 0 Å². The topological polar surface area (TPSA) is 119 Å². The molecule has 3 N–H and O–H groups in total. The SMILES string of the molecule is N#Cc1ccc2c(c1)[nH]c1c(-c3c[nH]c4ccc(C#N)cc34)ccc(-c3c[nH]c4ccc(C#N)cc34)c12. The Morgan fingerprint density at radius 1 is 0.486 bits per heavy atom. The van der Waals surface area contributed by atoms with Crippen molar-refractivity contribution in [2.24, 2.45) is 0 Å². The highest BCUT2D eigenvalue weighted by Crippen LogP contribution is 2.43. The summed E-state index contributed by atoms with van der Waals surface area (Å²) in [5.41, 5.74) is 9.51. The van der Waals surface area contributed by atoms with Gasteiger partial charge in [-0.25, -0.2) is 0 Å². The van der Waals surface area contributed by atoms with E-state index in [2.05, 4.69) is 45.3 Å². The van der Waals surface area contributed by atoms with Gasteiger partial charge in [0.05, 0.1) is 40.4 Å². The summed E-state index contributed by atoms with van der Waals surface area (Å²) in [5, 5.41) is 32.4. The molecule has 0 unspecified atom stereocenters. The summed E-state index contributed by atoms with van der Waals surface area (Å²) < 4.78 is 0. The van der Waals surface area contributed by atoms with E-state index in [0.29, 0.717) is 16.7 Å². The van der Waals surface area contributed by atoms with Crippen LogP contribution in [0.1, 0.15) is 16.7 Å². The van der Waals surface area contributed by atoms with Crippen molar-refractivity contribution in [2.75, 3.05) is 0 Å². The van der Waals surface area contributed by atoms with Crippen LogP contribution in [0.25, 0.3) is 65.9 Å². The van der Waals surface area contributed by atoms with Crippen LogP contribution in [0.2, 0.25) is 0 Å². The van der Waals surface area contributed by atoms with E-state index in [4.69, 9.17) is 0 Å². The number of fused-ring (bicyclic) bond motifs is 5. The molecule has 0 atom stereocenters. The standard InChI is InChI=1S/C31H16N6/c32-12-17-2-7-27-23(9-17)25(15-35-27)20-5-6-21(26-16-36-28-8-3-18(13-33)10-24(26)28)31-30(20)22-4-1-19(14-34)11-29(22)37-31/h1-11,15-16,35-37H. The zero-order chi connectivity index (χ0) is 25.1. The Bertz CT molecular complexity index is 2180. The molecule has 0 aliphatic rings. The quantitative estimate of drug-likeness (QED) is 0.246. The molecular formula is C31H16N6. The van der Waals surface area contributed by atoms with E-state index in [1.54, 1.807) is 6.07 Å². The number of aromatic amines is 3. The molecule has 0 spiro atoms. The Morgan fingerprint density at radius 3 is 1.65 bits per heavy atom. The van der Waals surface area contributed by atoms with Gasteiger partial charge in [0.25, 0.3) is 0 Å². The lowest BCUT2D eigenvalue weighted by Gasteiger charge is -2.09. The third kappa shape index (κ3) is 2.96. The van der Waals surface area contributed by atoms with E-state index >= 15 is 0 Å². The maximum Gasteiger partial charge on any atom is 0.0992 e. The lowest BCUT2D eigenvalue weighted by atomic mass is 9.93. The maximum atomic E-state index is 9.49. The van der Waals surface area contributed by atoms with E-state index in [1.807, 2.05) is 60.9 Å². The van der Waals surface area contributed by atoms with Crippen LogP contribution >= 0.6 is 0 Å². The van der Waals surface area contributed by atoms with Gasteiger partial charge in [-0.2, -0.15) is 15.8 Å². The van der Waals surface area contributed by atoms with Crippen molar-refractivity contribution in [3.63, 3.8) is 0 Å². The number of rotatable bonds is 2. The number of aromatic nitrogens is 3. The second-order valence-electron chi connectivity index (χ2n) is 9.06. The number of hydrogen-bond donors (Lipinski definition) is 3. The van der Waals surface area contributed by atoms with Crippen LogP contribution in [0.3, 0.4) is 0 Å². The van der Waals surface area contributed by atoms with Gasteiger partial charge in [-0.1, -0.05) is 18.2 Å². The number of H-pyrrole nitrogens is 3. The van der Waals surface area contributed by atoms with Crippen LogP contribution in [-0.4, -0.2) is 15.0 Å². The molecule has 0 aliphatic carbocycles. The molecule has 0 bridgehead atoms. The van der Waals surface area contributed by atoms with E-state index in [-0.39, 0.29) is 0 Å². The van der Waals surface area contributed by atoms with Crippen LogP contribution in [0.5, 0.6) is 0 Å². The molecule has 6 nitrogen and oxygen atoms in total. The number of nitriles is 3. The summed E-state index contributed by atoms with van der Waals surface area (Å²) in [4.78, 5) is 10.3. The Morgan fingerprint density at radius 2 is 1.03 bits per heavy atom. The first-order valence-corrected chi connectivity index (χ1v) is 11.7. The van der Waals surface area contributed by atoms with E-state index in [1.165, 1.54) is 0 Å². The van der Waals surface area contributed by atoms with Gasteiger partial charge < -0.3 is 15.0 Å². The van der Waals surface area contributed by atoms with Gasteiger partial charge in [0, 0.05) is 67.2 Å². The predicted octanol–water partition coefficient (Wildman–Crippen LogP) is 7.23. The molecule has 7 aromatic rings. The van der Waals surface area contributed by atoms with Gasteiger partial charge in [0.1, 0.15) is 0 Å². The Labute approximate surface area is 210 Å². The number of benzene rings is 4. The van der Waals surface area contributed by atoms with Crippen molar-refractivity contribution in [3.05, 3.63) is 95.8 Å². The minimum Gasteiger partial charge on any atom is -0.361 e. The van der Waals surface area contributed by atoms with Gasteiger partial charge in [-0.15, -0.1) is 0 Å². The van der Waals surface area contributed by atoms with Crippen LogP contribution in [0.15, 0.2) is 79.1 Å². The molecule has 0 fully saturated rings. The van der Waals surface area contributed by atoms with E-state index in [0.717, 1.165) is 65.9 Å². The number of hydrogen-bond acceptors (Lipinski definition) is 3. The summed E-state index contributed by atoms with van der Waals surface area (Å²) >= 11 is 0. The highest BCUT2D eigenvalue weighted by atomic mass is 14.7. The minimum atomic E-state index is 0.582. The lowest BCUT2D eigenvalue weighted by Crippen LogP contribution is -1.85. The fourth-order valence-corrected chi connectivity index (χ4v) is 5.36. The molecule has 0 saturated carbocycles. The van der Waals surface area contributed by atoms with Gasteiger partial charge in [-0.3, -0.25) is 0 Å². The Hall–Kier alpha value is -5.77. The zero-order valence-electron chi connectivity index (χ0n) is 19.3. The molecule has 0 aliphatic heterocycles. The molecule has 170 valence electrons. The highest BCUT2D eigenvalue weighted by Gasteiger charge is 2.19. The first-order chi connectivity index (χ1) is 18.2. The normalized spacial score (nSPS) is 11.2. The zero-order valence-corrected chi connectivity index (χ0v) is 19.3. The molecule has 3 aromatic heterocycles. The van der Waals surface area contributed by atoms with Crippen LogP contribution < -0.4 is 0 Å². The summed E-state index contributed by atoms with van der Waals surface area (Å²) in [6, 6.07) is 27.9. The van der Waals surface area contributed by atoms with Gasteiger partial charge in [0.2, 0.25) is 0 Å². The van der Waals surface area contributed by atoms with Crippen molar-refractivity contribution in [1.82, 2.24) is 15.0 Å². The second kappa shape index (κ2) is 7.62. The minimum absolute atomic E-state index is 0.582. The summed E-state index contributed by atoms with van der Waals surface area (Å²) in [7, 11) is 0. The Kier molecular flexibility index (Phi) is 4.24. The van der Waals surface area contributed by atoms with E-state index < -0.39 is 0 Å². The smallest absolute Gasteiger partial charge is 0.0992 e. The number of nitrogens with one attached hydrogen (secondary N) is 3. The molecule has 7 rings (SSSR count). The van der Waals surface area contributed by atoms with Gasteiger partial charge in [-0.05, 0) is 54.1 Å². The molecule has 3 heterocycles. The average Bonchev–Trinajstić information content (AvgIpc) is 3.66. The molecule has 0 radical (unpaired) electrons. The van der Waals surface area contributed by atoms with Crippen LogP contribution in [0.4, 0.5) is 0 Å². The predicted molar refractivity (Wildman–Crippen MR) is 145 cm³/mol. The first-order valence-electron chi connectivity index (χ1n) is 11.7. The van der Waals surface area contributed by atoms with Crippen molar-refractivity contribution >= 4 is 43.6 Å². The number of nitrogens with zero attached hydrogens (tertiary/aromatic N) is 3. The van der Waals surface area contributed by atoms with Crippen molar-refractivity contribution in [1.29, 1.82) is 15.8 Å². The van der Waals surface area contributed by atoms with Crippen molar-refractivity contribution in [2.45, 2.75) is 0 Å². The average molecular weight is 473 g/mol. The molecule has 0 amide bonds. The van der Waals surface area contributed by atoms with Gasteiger partial charge >= 0.3 is 0 Å². The fraction of sp³-hybridized carbons (Fsp3) is 0. The summed E-state index contributed by atoms with van der Waals surface area (Å²) in [6.45, 7) is 0. The molecule has 4 aromatic carbocycles. The molecule has 37 heavy (non-hydrogen) atoms. The second-order valence-corrected chi connectivity index (χ2v) is 9.06. The maximum absolute atomic E-state index is 9.49. The van der Waals surface area contributed by atoms with Gasteiger partial charge in [0.15, 0.2) is 0 Å². The van der Waals surface area contributed by atoms with Crippen molar-refractivity contribution in [3.8, 4) is 40.5 Å². The fourth-order valence-electron chi connectivity index (χ4n) is 5.36. The lowest BCUT2D eigenvalue weighted by molar-refractivity contribution is 1.46. The van der Waals surface area contributed by atoms with Crippen molar-refractivity contribution < 1.29 is 0 Å².